The third-order valence-electron chi connectivity index (χ3n) is 2.91. The van der Waals surface area contributed by atoms with Crippen LogP contribution in [-0.4, -0.2) is 30.9 Å². The van der Waals surface area contributed by atoms with Crippen molar-refractivity contribution < 1.29 is 13.5 Å². The Kier molecular flexibility index (Phi) is 6.26. The normalized spacial score (nSPS) is 12.1. The van der Waals surface area contributed by atoms with E-state index in [1.807, 2.05) is 6.92 Å². The van der Waals surface area contributed by atoms with E-state index >= 15 is 0 Å². The number of rotatable bonds is 7. The van der Waals surface area contributed by atoms with Crippen LogP contribution in [0.15, 0.2) is 23.1 Å². The topological polar surface area (TPSA) is 57.6 Å². The fourth-order valence-electron chi connectivity index (χ4n) is 1.77. The molecule has 0 saturated heterocycles. The first-order chi connectivity index (χ1) is 8.97. The maximum absolute atomic E-state index is 12.5. The van der Waals surface area contributed by atoms with E-state index in [9.17, 15) is 8.42 Å². The number of aliphatic hydroxyl groups is 1. The van der Waals surface area contributed by atoms with Gasteiger partial charge in [-0.15, -0.1) is 0 Å². The molecular formula is C13H20ClNO3S. The minimum absolute atomic E-state index is 0.0682. The number of sulfonamides is 1. The molecule has 0 bridgehead atoms. The average molecular weight is 306 g/mol. The molecule has 0 atom stereocenters. The lowest BCUT2D eigenvalue weighted by molar-refractivity contribution is 0.281. The molecule has 0 amide bonds. The van der Waals surface area contributed by atoms with Crippen LogP contribution >= 0.6 is 11.6 Å². The van der Waals surface area contributed by atoms with Gasteiger partial charge in [0.15, 0.2) is 0 Å². The molecule has 1 rings (SSSR count). The molecule has 1 N–H and O–H groups in total. The molecule has 0 heterocycles. The predicted octanol–water partition coefficient (Wildman–Crippen LogP) is 2.64. The summed E-state index contributed by atoms with van der Waals surface area (Å²) in [6.45, 7) is 4.49. The lowest BCUT2D eigenvalue weighted by atomic mass is 10.2. The summed E-state index contributed by atoms with van der Waals surface area (Å²) in [4.78, 5) is 0.0682. The van der Waals surface area contributed by atoms with Crippen LogP contribution in [0, 0.1) is 0 Å². The molecule has 0 spiro atoms. The van der Waals surface area contributed by atoms with Crippen LogP contribution in [0.3, 0.4) is 0 Å². The Morgan fingerprint density at radius 1 is 1.32 bits per heavy atom. The van der Waals surface area contributed by atoms with Crippen molar-refractivity contribution in [3.8, 4) is 0 Å². The van der Waals surface area contributed by atoms with Gasteiger partial charge in [-0.3, -0.25) is 0 Å². The Hall–Kier alpha value is -0.620. The zero-order valence-electron chi connectivity index (χ0n) is 11.3. The summed E-state index contributed by atoms with van der Waals surface area (Å²) in [7, 11) is -3.60. The van der Waals surface area contributed by atoms with E-state index in [-0.39, 0.29) is 16.5 Å². The number of nitrogens with zero attached hydrogens (tertiary/aromatic N) is 1. The number of hydrogen-bond donors (Lipinski definition) is 1. The predicted molar refractivity (Wildman–Crippen MR) is 76.7 cm³/mol. The zero-order valence-corrected chi connectivity index (χ0v) is 12.8. The van der Waals surface area contributed by atoms with Gasteiger partial charge in [-0.05, 0) is 24.1 Å². The van der Waals surface area contributed by atoms with Gasteiger partial charge >= 0.3 is 0 Å². The van der Waals surface area contributed by atoms with Crippen molar-refractivity contribution in [3.05, 3.63) is 28.8 Å². The van der Waals surface area contributed by atoms with Crippen LogP contribution in [-0.2, 0) is 16.6 Å². The molecule has 0 aliphatic carbocycles. The first-order valence-corrected chi connectivity index (χ1v) is 8.18. The third-order valence-corrected chi connectivity index (χ3v) is 5.37. The van der Waals surface area contributed by atoms with Crippen molar-refractivity contribution in [2.45, 2.75) is 38.2 Å². The molecule has 0 radical (unpaired) electrons. The van der Waals surface area contributed by atoms with Gasteiger partial charge in [0, 0.05) is 13.1 Å². The summed E-state index contributed by atoms with van der Waals surface area (Å²) in [5, 5.41) is 9.29. The largest absolute Gasteiger partial charge is 0.392 e. The number of benzene rings is 1. The summed E-state index contributed by atoms with van der Waals surface area (Å²) in [5.41, 5.74) is 0.537. The van der Waals surface area contributed by atoms with E-state index in [1.165, 1.54) is 16.4 Å². The molecular weight excluding hydrogens is 286 g/mol. The number of hydrogen-bond acceptors (Lipinski definition) is 3. The van der Waals surface area contributed by atoms with Gasteiger partial charge in [-0.25, -0.2) is 8.42 Å². The number of aliphatic hydroxyl groups excluding tert-OH is 1. The van der Waals surface area contributed by atoms with E-state index < -0.39 is 10.0 Å². The minimum atomic E-state index is -3.60. The van der Waals surface area contributed by atoms with Crippen molar-refractivity contribution in [3.63, 3.8) is 0 Å². The molecule has 0 aromatic heterocycles. The lowest BCUT2D eigenvalue weighted by Gasteiger charge is -2.21. The summed E-state index contributed by atoms with van der Waals surface area (Å²) >= 11 is 5.99. The fraction of sp³-hybridized carbons (Fsp3) is 0.538. The minimum Gasteiger partial charge on any atom is -0.392 e. The Balaban J connectivity index is 3.17. The summed E-state index contributed by atoms with van der Waals surface area (Å²) < 4.78 is 26.5. The van der Waals surface area contributed by atoms with Crippen molar-refractivity contribution in [2.24, 2.45) is 0 Å². The first-order valence-electron chi connectivity index (χ1n) is 6.36. The Morgan fingerprint density at radius 2 is 2.00 bits per heavy atom. The standard InChI is InChI=1S/C13H20ClNO3S/c1-3-5-8-15(4-2)19(17,18)13-9-11(10-16)6-7-12(13)14/h6-7,9,16H,3-5,8,10H2,1-2H3. The maximum Gasteiger partial charge on any atom is 0.244 e. The van der Waals surface area contributed by atoms with Gasteiger partial charge in [0.25, 0.3) is 0 Å². The van der Waals surface area contributed by atoms with Gasteiger partial charge in [0.05, 0.1) is 11.6 Å². The molecule has 19 heavy (non-hydrogen) atoms. The van der Waals surface area contributed by atoms with E-state index in [2.05, 4.69) is 0 Å². The molecule has 6 heteroatoms. The second-order valence-electron chi connectivity index (χ2n) is 4.27. The van der Waals surface area contributed by atoms with Gasteiger partial charge in [0.2, 0.25) is 10.0 Å². The Labute approximate surface area is 120 Å². The quantitative estimate of drug-likeness (QED) is 0.842. The lowest BCUT2D eigenvalue weighted by Crippen LogP contribution is -2.32. The van der Waals surface area contributed by atoms with E-state index in [0.29, 0.717) is 18.7 Å². The van der Waals surface area contributed by atoms with Gasteiger partial charge in [-0.2, -0.15) is 4.31 Å². The van der Waals surface area contributed by atoms with E-state index in [0.717, 1.165) is 12.8 Å². The molecule has 0 fully saturated rings. The summed E-state index contributed by atoms with van der Waals surface area (Å²) in [6.07, 6.45) is 1.74. The SMILES string of the molecule is CCCCN(CC)S(=O)(=O)c1cc(CO)ccc1Cl. The van der Waals surface area contributed by atoms with Gasteiger partial charge < -0.3 is 5.11 Å². The average Bonchev–Trinajstić information content (AvgIpc) is 2.39. The van der Waals surface area contributed by atoms with E-state index in [1.54, 1.807) is 13.0 Å². The smallest absolute Gasteiger partial charge is 0.244 e. The van der Waals surface area contributed by atoms with Crippen LogP contribution in [0.4, 0.5) is 0 Å². The molecule has 0 saturated carbocycles. The maximum atomic E-state index is 12.5. The van der Waals surface area contributed by atoms with Crippen molar-refractivity contribution >= 4 is 21.6 Å². The van der Waals surface area contributed by atoms with Crippen LogP contribution in [0.25, 0.3) is 0 Å². The number of unbranched alkanes of at least 4 members (excludes halogenated alkanes) is 1. The van der Waals surface area contributed by atoms with Gasteiger partial charge in [-0.1, -0.05) is 37.9 Å². The van der Waals surface area contributed by atoms with Crippen LogP contribution in [0.2, 0.25) is 5.02 Å². The Bertz CT molecular complexity index is 517. The second-order valence-corrected chi connectivity index (χ2v) is 6.59. The number of halogens is 1. The molecule has 1 aromatic rings. The zero-order chi connectivity index (χ0) is 14.5. The fourth-order valence-corrected chi connectivity index (χ4v) is 3.78. The first kappa shape index (κ1) is 16.4. The monoisotopic (exact) mass is 305 g/mol. The second kappa shape index (κ2) is 7.24. The van der Waals surface area contributed by atoms with E-state index in [4.69, 9.17) is 16.7 Å². The summed E-state index contributed by atoms with van der Waals surface area (Å²) in [6, 6.07) is 4.56. The van der Waals surface area contributed by atoms with Crippen molar-refractivity contribution in [1.82, 2.24) is 4.31 Å². The highest BCUT2D eigenvalue weighted by molar-refractivity contribution is 7.89. The Morgan fingerprint density at radius 3 is 2.53 bits per heavy atom. The molecule has 4 nitrogen and oxygen atoms in total. The molecule has 1 aromatic carbocycles. The van der Waals surface area contributed by atoms with Crippen molar-refractivity contribution in [2.75, 3.05) is 13.1 Å². The van der Waals surface area contributed by atoms with Crippen LogP contribution in [0.1, 0.15) is 32.3 Å². The molecule has 0 unspecified atom stereocenters. The van der Waals surface area contributed by atoms with Crippen molar-refractivity contribution in [1.29, 1.82) is 0 Å². The highest BCUT2D eigenvalue weighted by Gasteiger charge is 2.25. The molecule has 108 valence electrons. The highest BCUT2D eigenvalue weighted by Crippen LogP contribution is 2.26. The van der Waals surface area contributed by atoms with Gasteiger partial charge in [0.1, 0.15) is 4.90 Å². The molecule has 0 aliphatic heterocycles. The third kappa shape index (κ3) is 3.92. The highest BCUT2D eigenvalue weighted by atomic mass is 35.5. The molecule has 0 aliphatic rings. The van der Waals surface area contributed by atoms with Crippen LogP contribution in [0.5, 0.6) is 0 Å². The summed E-state index contributed by atoms with van der Waals surface area (Å²) in [5.74, 6) is 0. The van der Waals surface area contributed by atoms with Crippen LogP contribution < -0.4 is 0 Å².